The van der Waals surface area contributed by atoms with E-state index in [0.717, 1.165) is 48.7 Å². The number of thiophene rings is 1. The van der Waals surface area contributed by atoms with Gasteiger partial charge < -0.3 is 9.88 Å². The molecule has 5 heteroatoms. The van der Waals surface area contributed by atoms with Gasteiger partial charge in [-0.3, -0.25) is 4.79 Å². The monoisotopic (exact) mass is 301 g/mol. The van der Waals surface area contributed by atoms with E-state index in [1.54, 1.807) is 11.3 Å². The van der Waals surface area contributed by atoms with Gasteiger partial charge in [-0.1, -0.05) is 0 Å². The van der Waals surface area contributed by atoms with E-state index in [0.29, 0.717) is 5.92 Å². The highest BCUT2D eigenvalue weighted by Crippen LogP contribution is 2.33. The fourth-order valence-corrected chi connectivity index (χ4v) is 4.62. The van der Waals surface area contributed by atoms with Crippen molar-refractivity contribution in [2.75, 3.05) is 13.1 Å². The highest BCUT2D eigenvalue weighted by Gasteiger charge is 2.31. The average molecular weight is 301 g/mol. The summed E-state index contributed by atoms with van der Waals surface area (Å²) < 4.78 is 0. The van der Waals surface area contributed by atoms with Crippen molar-refractivity contribution in [3.63, 3.8) is 0 Å². The first-order chi connectivity index (χ1) is 10.2. The number of aryl methyl sites for hydroxylation is 3. The van der Waals surface area contributed by atoms with Crippen molar-refractivity contribution in [3.8, 4) is 0 Å². The number of nitrogens with zero attached hydrogens (tertiary/aromatic N) is 2. The van der Waals surface area contributed by atoms with Gasteiger partial charge in [-0.2, -0.15) is 0 Å². The Balaban J connectivity index is 1.48. The maximum Gasteiger partial charge on any atom is 0.263 e. The second-order valence-corrected chi connectivity index (χ2v) is 7.24. The number of hydrogen-bond acceptors (Lipinski definition) is 3. The minimum Gasteiger partial charge on any atom is -0.346 e. The number of hydrogen-bond donors (Lipinski definition) is 1. The lowest BCUT2D eigenvalue weighted by molar-refractivity contribution is 0.0795. The third-order valence-corrected chi connectivity index (χ3v) is 5.77. The maximum atomic E-state index is 12.6. The van der Waals surface area contributed by atoms with E-state index >= 15 is 0 Å². The predicted octanol–water partition coefficient (Wildman–Crippen LogP) is 2.90. The number of rotatable bonds is 2. The van der Waals surface area contributed by atoms with Crippen LogP contribution in [0.25, 0.3) is 0 Å². The van der Waals surface area contributed by atoms with Crippen molar-refractivity contribution in [1.82, 2.24) is 14.9 Å². The predicted molar refractivity (Wildman–Crippen MR) is 82.9 cm³/mol. The molecule has 0 saturated carbocycles. The van der Waals surface area contributed by atoms with Crippen LogP contribution in [0.2, 0.25) is 0 Å². The van der Waals surface area contributed by atoms with Gasteiger partial charge in [0.2, 0.25) is 0 Å². The van der Waals surface area contributed by atoms with E-state index < -0.39 is 0 Å². The molecule has 2 aromatic heterocycles. The van der Waals surface area contributed by atoms with Crippen LogP contribution in [-0.4, -0.2) is 33.9 Å². The molecule has 2 aromatic rings. The Morgan fingerprint density at radius 2 is 2.38 bits per heavy atom. The quantitative estimate of drug-likeness (QED) is 0.927. The summed E-state index contributed by atoms with van der Waals surface area (Å²) in [7, 11) is 0. The van der Waals surface area contributed by atoms with E-state index in [2.05, 4.69) is 16.0 Å². The molecule has 1 N–H and O–H groups in total. The lowest BCUT2D eigenvalue weighted by Crippen LogP contribution is -2.27. The van der Waals surface area contributed by atoms with Crippen LogP contribution in [0.15, 0.2) is 12.3 Å². The molecule has 1 aliphatic carbocycles. The number of carbonyl (C=O) groups is 1. The molecule has 1 atom stereocenters. The molecule has 1 fully saturated rings. The van der Waals surface area contributed by atoms with Gasteiger partial charge in [-0.05, 0) is 44.2 Å². The molecule has 0 aromatic carbocycles. The SMILES string of the molecule is Cc1cnc(C2CCN(C(=O)c3cc4c(s3)CCC4)C2)[nH]1. The largest absolute Gasteiger partial charge is 0.346 e. The average Bonchev–Trinajstić information content (AvgIpc) is 3.20. The van der Waals surface area contributed by atoms with Crippen LogP contribution in [-0.2, 0) is 12.8 Å². The van der Waals surface area contributed by atoms with Crippen molar-refractivity contribution >= 4 is 17.2 Å². The summed E-state index contributed by atoms with van der Waals surface area (Å²) in [6.45, 7) is 3.64. The Morgan fingerprint density at radius 3 is 3.14 bits per heavy atom. The van der Waals surface area contributed by atoms with Crippen LogP contribution in [0, 0.1) is 6.92 Å². The Kier molecular flexibility index (Phi) is 3.10. The molecule has 0 bridgehead atoms. The zero-order valence-electron chi connectivity index (χ0n) is 12.2. The van der Waals surface area contributed by atoms with Crippen molar-refractivity contribution in [2.24, 2.45) is 0 Å². The smallest absolute Gasteiger partial charge is 0.263 e. The number of imidazole rings is 1. The molecule has 21 heavy (non-hydrogen) atoms. The normalized spacial score (nSPS) is 21.0. The van der Waals surface area contributed by atoms with Gasteiger partial charge in [0.1, 0.15) is 5.82 Å². The Morgan fingerprint density at radius 1 is 1.48 bits per heavy atom. The molecular weight excluding hydrogens is 282 g/mol. The molecule has 0 spiro atoms. The molecule has 3 heterocycles. The molecule has 0 radical (unpaired) electrons. The van der Waals surface area contributed by atoms with E-state index in [1.165, 1.54) is 16.9 Å². The molecule has 1 aliphatic heterocycles. The van der Waals surface area contributed by atoms with Gasteiger partial charge in [-0.15, -0.1) is 11.3 Å². The topological polar surface area (TPSA) is 49.0 Å². The van der Waals surface area contributed by atoms with Gasteiger partial charge in [0.25, 0.3) is 5.91 Å². The first-order valence-corrected chi connectivity index (χ1v) is 8.45. The number of aromatic amines is 1. The lowest BCUT2D eigenvalue weighted by Gasteiger charge is -2.15. The summed E-state index contributed by atoms with van der Waals surface area (Å²) >= 11 is 1.70. The zero-order chi connectivity index (χ0) is 14.4. The summed E-state index contributed by atoms with van der Waals surface area (Å²) in [6, 6.07) is 2.12. The fraction of sp³-hybridized carbons (Fsp3) is 0.500. The lowest BCUT2D eigenvalue weighted by atomic mass is 10.1. The fourth-order valence-electron chi connectivity index (χ4n) is 3.40. The van der Waals surface area contributed by atoms with E-state index in [1.807, 2.05) is 18.0 Å². The summed E-state index contributed by atoms with van der Waals surface area (Å²) in [6.07, 6.45) is 6.42. The van der Waals surface area contributed by atoms with Gasteiger partial charge in [0.15, 0.2) is 0 Å². The second-order valence-electron chi connectivity index (χ2n) is 6.10. The van der Waals surface area contributed by atoms with Gasteiger partial charge in [0.05, 0.1) is 4.88 Å². The van der Waals surface area contributed by atoms with Crippen molar-refractivity contribution in [2.45, 2.75) is 38.5 Å². The number of carbonyl (C=O) groups excluding carboxylic acids is 1. The van der Waals surface area contributed by atoms with Crippen molar-refractivity contribution in [3.05, 3.63) is 39.1 Å². The molecule has 110 valence electrons. The van der Waals surface area contributed by atoms with E-state index in [4.69, 9.17) is 0 Å². The molecule has 2 aliphatic rings. The maximum absolute atomic E-state index is 12.6. The number of H-pyrrole nitrogens is 1. The third kappa shape index (κ3) is 2.29. The molecule has 1 amide bonds. The van der Waals surface area contributed by atoms with Crippen LogP contribution in [0.5, 0.6) is 0 Å². The Labute approximate surface area is 128 Å². The van der Waals surface area contributed by atoms with Crippen LogP contribution >= 0.6 is 11.3 Å². The summed E-state index contributed by atoms with van der Waals surface area (Å²) in [5, 5.41) is 0. The number of likely N-dealkylation sites (tertiary alicyclic amines) is 1. The van der Waals surface area contributed by atoms with E-state index in [9.17, 15) is 4.79 Å². The number of amides is 1. The van der Waals surface area contributed by atoms with Gasteiger partial charge in [0, 0.05) is 35.8 Å². The summed E-state index contributed by atoms with van der Waals surface area (Å²) in [5.41, 5.74) is 2.49. The minimum absolute atomic E-state index is 0.208. The summed E-state index contributed by atoms with van der Waals surface area (Å²) in [4.78, 5) is 24.7. The first kappa shape index (κ1) is 13.1. The number of fused-ring (bicyclic) bond motifs is 1. The molecule has 4 rings (SSSR count). The molecular formula is C16H19N3OS. The summed E-state index contributed by atoms with van der Waals surface area (Å²) in [5.74, 6) is 1.59. The number of nitrogens with one attached hydrogen (secondary N) is 1. The van der Waals surface area contributed by atoms with Crippen LogP contribution < -0.4 is 0 Å². The molecule has 4 nitrogen and oxygen atoms in total. The van der Waals surface area contributed by atoms with Crippen LogP contribution in [0.4, 0.5) is 0 Å². The Hall–Kier alpha value is -1.62. The van der Waals surface area contributed by atoms with Gasteiger partial charge in [-0.25, -0.2) is 4.98 Å². The minimum atomic E-state index is 0.208. The van der Waals surface area contributed by atoms with Crippen molar-refractivity contribution in [1.29, 1.82) is 0 Å². The zero-order valence-corrected chi connectivity index (χ0v) is 13.0. The van der Waals surface area contributed by atoms with Crippen LogP contribution in [0.1, 0.15) is 50.4 Å². The van der Waals surface area contributed by atoms with Gasteiger partial charge >= 0.3 is 0 Å². The molecule has 1 saturated heterocycles. The second kappa shape index (κ2) is 4.98. The number of aromatic nitrogens is 2. The van der Waals surface area contributed by atoms with E-state index in [-0.39, 0.29) is 5.91 Å². The molecule has 1 unspecified atom stereocenters. The van der Waals surface area contributed by atoms with Crippen LogP contribution in [0.3, 0.4) is 0 Å². The highest BCUT2D eigenvalue weighted by atomic mass is 32.1. The standard InChI is InChI=1S/C16H19N3OS/c1-10-8-17-15(18-10)12-5-6-19(9-12)16(20)14-7-11-3-2-4-13(11)21-14/h7-8,12H,2-6,9H2,1H3,(H,17,18). The third-order valence-electron chi connectivity index (χ3n) is 4.54. The van der Waals surface area contributed by atoms with Crippen molar-refractivity contribution < 1.29 is 4.79 Å². The first-order valence-electron chi connectivity index (χ1n) is 7.63. The Bertz CT molecular complexity index is 666. The highest BCUT2D eigenvalue weighted by molar-refractivity contribution is 7.14.